The second-order valence-corrected chi connectivity index (χ2v) is 5.13. The van der Waals surface area contributed by atoms with E-state index in [1.807, 2.05) is 13.8 Å². The molecule has 2 rings (SSSR count). The van der Waals surface area contributed by atoms with Gasteiger partial charge in [0.05, 0.1) is 5.92 Å². The van der Waals surface area contributed by atoms with Crippen LogP contribution in [0.15, 0.2) is 0 Å². The van der Waals surface area contributed by atoms with E-state index < -0.39 is 11.8 Å². The molecule has 92 valence electrons. The molecule has 1 fully saturated rings. The van der Waals surface area contributed by atoms with E-state index in [1.54, 1.807) is 0 Å². The van der Waals surface area contributed by atoms with Crippen LogP contribution in [0, 0.1) is 5.92 Å². The van der Waals surface area contributed by atoms with Gasteiger partial charge in [-0.3, -0.25) is 14.5 Å². The Balaban J connectivity index is 2.17. The first-order chi connectivity index (χ1) is 7.99. The number of carbonyl (C=O) groups is 2. The van der Waals surface area contributed by atoms with Gasteiger partial charge in [0.15, 0.2) is 0 Å². The molecule has 0 spiro atoms. The molecule has 17 heavy (non-hydrogen) atoms. The largest absolute Gasteiger partial charge is 0.369 e. The Kier molecular flexibility index (Phi) is 3.10. The number of nitrogens with zero attached hydrogens (tertiary/aromatic N) is 3. The molecular weight excluding hydrogens is 240 g/mol. The Morgan fingerprint density at radius 2 is 2.29 bits per heavy atom. The maximum absolute atomic E-state index is 11.7. The van der Waals surface area contributed by atoms with E-state index in [4.69, 9.17) is 5.73 Å². The summed E-state index contributed by atoms with van der Waals surface area (Å²) in [4.78, 5) is 28.6. The zero-order chi connectivity index (χ0) is 12.6. The molecule has 1 aromatic rings. The molecule has 7 heteroatoms. The van der Waals surface area contributed by atoms with Crippen LogP contribution in [-0.2, 0) is 9.59 Å². The van der Waals surface area contributed by atoms with Gasteiger partial charge in [-0.1, -0.05) is 13.8 Å². The smallest absolute Gasteiger partial charge is 0.229 e. The summed E-state index contributed by atoms with van der Waals surface area (Å²) in [7, 11) is 0. The van der Waals surface area contributed by atoms with E-state index in [0.29, 0.717) is 11.7 Å². The Bertz CT molecular complexity index is 457. The Labute approximate surface area is 103 Å². The summed E-state index contributed by atoms with van der Waals surface area (Å²) in [6.45, 7) is 4.30. The minimum Gasteiger partial charge on any atom is -0.369 e. The summed E-state index contributed by atoms with van der Waals surface area (Å²) >= 11 is 1.18. The predicted octanol–water partition coefficient (Wildman–Crippen LogP) is 0.500. The number of primary amides is 1. The summed E-state index contributed by atoms with van der Waals surface area (Å²) in [6.07, 6.45) is 0.173. The third-order valence-electron chi connectivity index (χ3n) is 2.71. The zero-order valence-corrected chi connectivity index (χ0v) is 10.5. The molecule has 1 aromatic heterocycles. The number of hydrogen-bond donors (Lipinski definition) is 1. The third kappa shape index (κ3) is 2.28. The molecule has 1 unspecified atom stereocenters. The van der Waals surface area contributed by atoms with Crippen molar-refractivity contribution in [1.29, 1.82) is 0 Å². The lowest BCUT2D eigenvalue weighted by Crippen LogP contribution is -2.28. The molecule has 6 nitrogen and oxygen atoms in total. The monoisotopic (exact) mass is 254 g/mol. The van der Waals surface area contributed by atoms with Crippen LogP contribution in [0.2, 0.25) is 0 Å². The molecule has 1 atom stereocenters. The number of nitrogens with two attached hydrogens (primary N) is 1. The van der Waals surface area contributed by atoms with Crippen molar-refractivity contribution >= 4 is 28.5 Å². The minimum absolute atomic E-state index is 0.111. The second kappa shape index (κ2) is 4.40. The Morgan fingerprint density at radius 1 is 1.59 bits per heavy atom. The SMILES string of the molecule is CC(C)c1nsc(N2CC(C(N)=O)CC2=O)n1. The van der Waals surface area contributed by atoms with Crippen molar-refractivity contribution in [3.63, 3.8) is 0 Å². The predicted molar refractivity (Wildman–Crippen MR) is 63.7 cm³/mol. The van der Waals surface area contributed by atoms with E-state index in [2.05, 4.69) is 9.36 Å². The van der Waals surface area contributed by atoms with Gasteiger partial charge in [0.25, 0.3) is 0 Å². The highest BCUT2D eigenvalue weighted by Gasteiger charge is 2.35. The van der Waals surface area contributed by atoms with Crippen molar-refractivity contribution in [1.82, 2.24) is 9.36 Å². The highest BCUT2D eigenvalue weighted by Crippen LogP contribution is 2.27. The van der Waals surface area contributed by atoms with Gasteiger partial charge in [-0.25, -0.2) is 4.98 Å². The van der Waals surface area contributed by atoms with Gasteiger partial charge in [-0.15, -0.1) is 0 Å². The average Bonchev–Trinajstić information content (AvgIpc) is 2.83. The number of aromatic nitrogens is 2. The number of anilines is 1. The molecule has 1 aliphatic rings. The van der Waals surface area contributed by atoms with Crippen molar-refractivity contribution in [3.8, 4) is 0 Å². The van der Waals surface area contributed by atoms with Gasteiger partial charge in [0.1, 0.15) is 5.82 Å². The van der Waals surface area contributed by atoms with Gasteiger partial charge >= 0.3 is 0 Å². The van der Waals surface area contributed by atoms with Crippen molar-refractivity contribution in [2.24, 2.45) is 11.7 Å². The summed E-state index contributed by atoms with van der Waals surface area (Å²) in [6, 6.07) is 0. The summed E-state index contributed by atoms with van der Waals surface area (Å²) in [5.41, 5.74) is 5.20. The van der Waals surface area contributed by atoms with Crippen LogP contribution in [0.3, 0.4) is 0 Å². The van der Waals surface area contributed by atoms with E-state index in [-0.39, 0.29) is 18.2 Å². The summed E-state index contributed by atoms with van der Waals surface area (Å²) in [5.74, 6) is -0.00595. The maximum Gasteiger partial charge on any atom is 0.229 e. The molecule has 2 heterocycles. The lowest BCUT2D eigenvalue weighted by Gasteiger charge is -2.10. The molecule has 0 radical (unpaired) electrons. The van der Waals surface area contributed by atoms with E-state index >= 15 is 0 Å². The van der Waals surface area contributed by atoms with Crippen molar-refractivity contribution < 1.29 is 9.59 Å². The lowest BCUT2D eigenvalue weighted by molar-refractivity contribution is -0.123. The third-order valence-corrected chi connectivity index (χ3v) is 3.46. The number of hydrogen-bond acceptors (Lipinski definition) is 5. The maximum atomic E-state index is 11.7. The van der Waals surface area contributed by atoms with Gasteiger partial charge in [0, 0.05) is 30.4 Å². The van der Waals surface area contributed by atoms with Gasteiger partial charge < -0.3 is 5.73 Å². The van der Waals surface area contributed by atoms with Crippen molar-refractivity contribution in [2.45, 2.75) is 26.2 Å². The zero-order valence-electron chi connectivity index (χ0n) is 9.71. The van der Waals surface area contributed by atoms with Crippen LogP contribution >= 0.6 is 11.5 Å². The van der Waals surface area contributed by atoms with Crippen molar-refractivity contribution in [2.75, 3.05) is 11.4 Å². The van der Waals surface area contributed by atoms with Crippen LogP contribution < -0.4 is 10.6 Å². The standard InChI is InChI=1S/C10H14N4O2S/c1-5(2)9-12-10(17-13-9)14-4-6(8(11)16)3-7(14)15/h5-6H,3-4H2,1-2H3,(H2,11,16). The molecule has 0 bridgehead atoms. The molecule has 0 aliphatic carbocycles. The quantitative estimate of drug-likeness (QED) is 0.850. The fourth-order valence-electron chi connectivity index (χ4n) is 1.65. The molecule has 1 saturated heterocycles. The van der Waals surface area contributed by atoms with Crippen molar-refractivity contribution in [3.05, 3.63) is 5.82 Å². The first kappa shape index (κ1) is 12.0. The van der Waals surface area contributed by atoms with Gasteiger partial charge in [0.2, 0.25) is 16.9 Å². The average molecular weight is 254 g/mol. The highest BCUT2D eigenvalue weighted by atomic mass is 32.1. The van der Waals surface area contributed by atoms with Crippen LogP contribution in [0.4, 0.5) is 5.13 Å². The van der Waals surface area contributed by atoms with E-state index in [9.17, 15) is 9.59 Å². The molecule has 0 aromatic carbocycles. The molecule has 0 saturated carbocycles. The van der Waals surface area contributed by atoms with Crippen LogP contribution in [-0.4, -0.2) is 27.7 Å². The molecule has 2 N–H and O–H groups in total. The Hall–Kier alpha value is -1.50. The van der Waals surface area contributed by atoms with Gasteiger partial charge in [-0.2, -0.15) is 4.37 Å². The number of rotatable bonds is 3. The Morgan fingerprint density at radius 3 is 2.76 bits per heavy atom. The topological polar surface area (TPSA) is 89.2 Å². The van der Waals surface area contributed by atoms with E-state index in [0.717, 1.165) is 5.82 Å². The first-order valence-electron chi connectivity index (χ1n) is 5.42. The first-order valence-corrected chi connectivity index (χ1v) is 6.19. The fourth-order valence-corrected chi connectivity index (χ4v) is 2.49. The normalized spacial score (nSPS) is 20.3. The number of carbonyl (C=O) groups excluding carboxylic acids is 2. The highest BCUT2D eigenvalue weighted by molar-refractivity contribution is 7.09. The van der Waals surface area contributed by atoms with E-state index in [1.165, 1.54) is 16.4 Å². The lowest BCUT2D eigenvalue weighted by atomic mass is 10.1. The van der Waals surface area contributed by atoms with Gasteiger partial charge in [-0.05, 0) is 0 Å². The molecule has 1 aliphatic heterocycles. The van der Waals surface area contributed by atoms with Crippen LogP contribution in [0.25, 0.3) is 0 Å². The van der Waals surface area contributed by atoms with Crippen LogP contribution in [0.1, 0.15) is 32.0 Å². The molecule has 2 amide bonds. The second-order valence-electron chi connectivity index (χ2n) is 4.40. The summed E-state index contributed by atoms with van der Waals surface area (Å²) in [5, 5.41) is 0.558. The number of amides is 2. The summed E-state index contributed by atoms with van der Waals surface area (Å²) < 4.78 is 4.19. The minimum atomic E-state index is -0.436. The van der Waals surface area contributed by atoms with Crippen LogP contribution in [0.5, 0.6) is 0 Å². The molecular formula is C10H14N4O2S. The fraction of sp³-hybridized carbons (Fsp3) is 0.600.